The summed E-state index contributed by atoms with van der Waals surface area (Å²) in [6.07, 6.45) is 3.84. The Kier molecular flexibility index (Phi) is 4.31. The molecule has 1 aromatic carbocycles. The number of hydrogen-bond donors (Lipinski definition) is 1. The summed E-state index contributed by atoms with van der Waals surface area (Å²) in [5.41, 5.74) is 1.45. The fraction of sp³-hybridized carbons (Fsp3) is 0.455. The summed E-state index contributed by atoms with van der Waals surface area (Å²) >= 11 is 0. The van der Waals surface area contributed by atoms with Gasteiger partial charge in [0.15, 0.2) is 0 Å². The Balaban J connectivity index is 1.38. The van der Waals surface area contributed by atoms with Crippen LogP contribution in [-0.4, -0.2) is 35.0 Å². The predicted molar refractivity (Wildman–Crippen MR) is 105 cm³/mol. The molecule has 5 rings (SSSR count). The molecule has 1 saturated heterocycles. The van der Waals surface area contributed by atoms with E-state index in [1.807, 2.05) is 10.6 Å². The molecule has 1 amide bonds. The molecule has 0 radical (unpaired) electrons. The van der Waals surface area contributed by atoms with Crippen LogP contribution in [0.15, 0.2) is 41.2 Å². The number of pyridine rings is 1. The zero-order valence-corrected chi connectivity index (χ0v) is 15.7. The van der Waals surface area contributed by atoms with Crippen molar-refractivity contribution in [2.75, 3.05) is 25.0 Å². The number of carbonyl (C=O) groups excluding carboxylic acids is 1. The Morgan fingerprint density at radius 3 is 2.61 bits per heavy atom. The van der Waals surface area contributed by atoms with Gasteiger partial charge in [0.05, 0.1) is 0 Å². The first-order chi connectivity index (χ1) is 13.6. The first kappa shape index (κ1) is 17.6. The van der Waals surface area contributed by atoms with E-state index in [0.29, 0.717) is 24.1 Å². The number of rotatable bonds is 4. The highest BCUT2D eigenvalue weighted by atomic mass is 19.1. The molecule has 146 valence electrons. The average molecular weight is 381 g/mol. The first-order valence-corrected chi connectivity index (χ1v) is 10.1. The summed E-state index contributed by atoms with van der Waals surface area (Å²) in [6, 6.07) is 9.13. The highest BCUT2D eigenvalue weighted by Gasteiger charge is 2.37. The van der Waals surface area contributed by atoms with E-state index in [2.05, 4.69) is 10.2 Å². The van der Waals surface area contributed by atoms with Gasteiger partial charge in [-0.1, -0.05) is 0 Å². The number of halogens is 1. The lowest BCUT2D eigenvalue weighted by Crippen LogP contribution is -2.48. The Morgan fingerprint density at radius 2 is 1.86 bits per heavy atom. The van der Waals surface area contributed by atoms with E-state index in [1.54, 1.807) is 6.07 Å². The quantitative estimate of drug-likeness (QED) is 0.886. The normalized spacial score (nSPS) is 23.9. The van der Waals surface area contributed by atoms with Crippen molar-refractivity contribution in [3.63, 3.8) is 0 Å². The molecule has 1 N–H and O–H groups in total. The molecule has 0 unspecified atom stereocenters. The molecular formula is C22H24FN3O2. The lowest BCUT2D eigenvalue weighted by atomic mass is 9.83. The summed E-state index contributed by atoms with van der Waals surface area (Å²) in [6.45, 7) is 3.93. The molecule has 6 heteroatoms. The Morgan fingerprint density at radius 1 is 1.07 bits per heavy atom. The lowest BCUT2D eigenvalue weighted by molar-refractivity contribution is 0.101. The summed E-state index contributed by atoms with van der Waals surface area (Å²) in [5.74, 6) is 0.900. The van der Waals surface area contributed by atoms with Crippen LogP contribution in [-0.2, 0) is 6.54 Å². The van der Waals surface area contributed by atoms with Gasteiger partial charge >= 0.3 is 0 Å². The average Bonchev–Trinajstić information content (AvgIpc) is 3.48. The van der Waals surface area contributed by atoms with Crippen molar-refractivity contribution >= 4 is 11.6 Å². The number of anilines is 1. The van der Waals surface area contributed by atoms with Gasteiger partial charge in [0.2, 0.25) is 0 Å². The summed E-state index contributed by atoms with van der Waals surface area (Å²) in [7, 11) is 0. The fourth-order valence-electron chi connectivity index (χ4n) is 4.76. The molecule has 1 saturated carbocycles. The van der Waals surface area contributed by atoms with Crippen molar-refractivity contribution in [3.05, 3.63) is 63.8 Å². The highest BCUT2D eigenvalue weighted by molar-refractivity contribution is 6.04. The molecule has 1 aliphatic carbocycles. The maximum atomic E-state index is 13.0. The minimum absolute atomic E-state index is 0.142. The molecule has 3 heterocycles. The van der Waals surface area contributed by atoms with Crippen LogP contribution in [0.25, 0.3) is 0 Å². The van der Waals surface area contributed by atoms with E-state index in [4.69, 9.17) is 0 Å². The van der Waals surface area contributed by atoms with Gasteiger partial charge < -0.3 is 14.8 Å². The van der Waals surface area contributed by atoms with E-state index >= 15 is 0 Å². The number of fused-ring (bicyclic) bond motifs is 4. The van der Waals surface area contributed by atoms with Crippen LogP contribution in [0.5, 0.6) is 0 Å². The standard InChI is InChI=1S/C22H24FN3O2/c23-17-3-5-18(6-4-17)24-21(27)19-7-8-20-16-9-15(12-26(20)22(19)28)11-25(13-16)10-14-1-2-14/h3-8,14-16H,1-2,9-13H2,(H,24,27)/t15-,16-/m1/s1. The monoisotopic (exact) mass is 381 g/mol. The molecule has 2 bridgehead atoms. The van der Waals surface area contributed by atoms with Gasteiger partial charge in [-0.15, -0.1) is 0 Å². The largest absolute Gasteiger partial charge is 0.322 e. The molecule has 3 aliphatic rings. The second-order valence-electron chi connectivity index (χ2n) is 8.51. The summed E-state index contributed by atoms with van der Waals surface area (Å²) < 4.78 is 14.9. The van der Waals surface area contributed by atoms with Gasteiger partial charge in [-0.3, -0.25) is 9.59 Å². The third-order valence-electron chi connectivity index (χ3n) is 6.24. The van der Waals surface area contributed by atoms with Gasteiger partial charge in [0.25, 0.3) is 11.5 Å². The van der Waals surface area contributed by atoms with Crippen LogP contribution in [0, 0.1) is 17.7 Å². The van der Waals surface area contributed by atoms with Crippen molar-refractivity contribution in [1.82, 2.24) is 9.47 Å². The molecule has 1 aromatic heterocycles. The van der Waals surface area contributed by atoms with E-state index in [9.17, 15) is 14.0 Å². The van der Waals surface area contributed by atoms with Crippen LogP contribution in [0.1, 0.15) is 41.2 Å². The second kappa shape index (κ2) is 6.85. The Labute approximate surface area is 163 Å². The number of likely N-dealkylation sites (tertiary alicyclic amines) is 1. The zero-order valence-electron chi connectivity index (χ0n) is 15.7. The molecular weight excluding hydrogens is 357 g/mol. The van der Waals surface area contributed by atoms with Gasteiger partial charge in [0, 0.05) is 43.5 Å². The fourth-order valence-corrected chi connectivity index (χ4v) is 4.76. The van der Waals surface area contributed by atoms with Gasteiger partial charge in [0.1, 0.15) is 11.4 Å². The third-order valence-corrected chi connectivity index (χ3v) is 6.24. The van der Waals surface area contributed by atoms with Gasteiger partial charge in [-0.25, -0.2) is 4.39 Å². The van der Waals surface area contributed by atoms with Gasteiger partial charge in [-0.05, 0) is 67.5 Å². The summed E-state index contributed by atoms with van der Waals surface area (Å²) in [5, 5.41) is 2.69. The highest BCUT2D eigenvalue weighted by Crippen LogP contribution is 2.37. The van der Waals surface area contributed by atoms with E-state index in [0.717, 1.165) is 31.1 Å². The topological polar surface area (TPSA) is 54.3 Å². The third kappa shape index (κ3) is 3.37. The van der Waals surface area contributed by atoms with Gasteiger partial charge in [-0.2, -0.15) is 0 Å². The molecule has 2 aliphatic heterocycles. The zero-order chi connectivity index (χ0) is 19.3. The second-order valence-corrected chi connectivity index (χ2v) is 8.51. The van der Waals surface area contributed by atoms with Crippen molar-refractivity contribution in [2.24, 2.45) is 11.8 Å². The molecule has 28 heavy (non-hydrogen) atoms. The van der Waals surface area contributed by atoms with Crippen molar-refractivity contribution in [1.29, 1.82) is 0 Å². The smallest absolute Gasteiger partial charge is 0.263 e. The number of amides is 1. The number of aromatic nitrogens is 1. The Hall–Kier alpha value is -2.47. The van der Waals surface area contributed by atoms with Crippen molar-refractivity contribution in [3.8, 4) is 0 Å². The lowest BCUT2D eigenvalue weighted by Gasteiger charge is -2.43. The molecule has 2 fully saturated rings. The first-order valence-electron chi connectivity index (χ1n) is 10.1. The number of carbonyl (C=O) groups is 1. The maximum absolute atomic E-state index is 13.0. The molecule has 2 aromatic rings. The van der Waals surface area contributed by atoms with Crippen LogP contribution >= 0.6 is 0 Å². The van der Waals surface area contributed by atoms with E-state index in [-0.39, 0.29) is 16.9 Å². The molecule has 2 atom stereocenters. The molecule has 5 nitrogen and oxygen atoms in total. The number of nitrogens with one attached hydrogen (secondary N) is 1. The van der Waals surface area contributed by atoms with Crippen LogP contribution in [0.2, 0.25) is 0 Å². The van der Waals surface area contributed by atoms with Crippen molar-refractivity contribution in [2.45, 2.75) is 31.7 Å². The van der Waals surface area contributed by atoms with E-state index in [1.165, 1.54) is 43.7 Å². The van der Waals surface area contributed by atoms with Crippen LogP contribution in [0.3, 0.4) is 0 Å². The Bertz CT molecular complexity index is 965. The van der Waals surface area contributed by atoms with Crippen LogP contribution in [0.4, 0.5) is 10.1 Å². The predicted octanol–water partition coefficient (Wildman–Crippen LogP) is 3.07. The number of piperidine rings is 1. The summed E-state index contributed by atoms with van der Waals surface area (Å²) in [4.78, 5) is 28.2. The molecule has 0 spiro atoms. The number of nitrogens with zero attached hydrogens (tertiary/aromatic N) is 2. The SMILES string of the molecule is O=C(Nc1ccc(F)cc1)c1ccc2n(c1=O)C[C@@H]1C[C@@H]2CN(CC2CC2)C1. The number of hydrogen-bond acceptors (Lipinski definition) is 3. The minimum atomic E-state index is -0.446. The maximum Gasteiger partial charge on any atom is 0.263 e. The van der Waals surface area contributed by atoms with Crippen molar-refractivity contribution < 1.29 is 9.18 Å². The minimum Gasteiger partial charge on any atom is -0.322 e. The number of benzene rings is 1. The van der Waals surface area contributed by atoms with E-state index < -0.39 is 5.91 Å². The van der Waals surface area contributed by atoms with Crippen LogP contribution < -0.4 is 10.9 Å².